The minimum atomic E-state index is -5.13. The monoisotopic (exact) mass is 563 g/mol. The number of aromatic nitrogens is 1. The number of fused-ring (bicyclic) bond motifs is 1. The zero-order valence-corrected chi connectivity index (χ0v) is 22.6. The number of nitrogens with one attached hydrogen (secondary N) is 2. The Kier molecular flexibility index (Phi) is 9.71. The molecule has 2 aliphatic rings. The highest BCUT2D eigenvalue weighted by Crippen LogP contribution is 2.48. The van der Waals surface area contributed by atoms with E-state index in [1.807, 2.05) is 6.07 Å². The van der Waals surface area contributed by atoms with E-state index in [1.165, 1.54) is 35.5 Å². The molecule has 2 unspecified atom stereocenters. The predicted molar refractivity (Wildman–Crippen MR) is 139 cm³/mol. The summed E-state index contributed by atoms with van der Waals surface area (Å²) >= 11 is 0. The van der Waals surface area contributed by atoms with E-state index < -0.39 is 48.3 Å². The van der Waals surface area contributed by atoms with Crippen LogP contribution in [0, 0.1) is 28.5 Å². The van der Waals surface area contributed by atoms with Crippen LogP contribution in [0.1, 0.15) is 64.5 Å². The second-order valence-electron chi connectivity index (χ2n) is 11.0. The van der Waals surface area contributed by atoms with Crippen LogP contribution in [0.3, 0.4) is 0 Å². The molecule has 1 saturated heterocycles. The smallest absolute Gasteiger partial charge is 0.339 e. The number of halogens is 4. The summed E-state index contributed by atoms with van der Waals surface area (Å²) < 4.78 is 51.2. The molecule has 1 aliphatic heterocycles. The van der Waals surface area contributed by atoms with Gasteiger partial charge in [-0.25, -0.2) is 4.39 Å². The van der Waals surface area contributed by atoms with Crippen LogP contribution in [0.25, 0.3) is 10.8 Å². The number of nitrogens with zero attached hydrogens (tertiary/aromatic N) is 3. The van der Waals surface area contributed by atoms with Gasteiger partial charge in [0.15, 0.2) is 0 Å². The largest absolute Gasteiger partial charge is 0.471 e. The first kappa shape index (κ1) is 30.8. The van der Waals surface area contributed by atoms with Gasteiger partial charge in [-0.1, -0.05) is 39.7 Å². The summed E-state index contributed by atoms with van der Waals surface area (Å²) in [5, 5.41) is 14.9. The minimum Gasteiger partial charge on any atom is -0.339 e. The molecule has 1 saturated carbocycles. The van der Waals surface area contributed by atoms with E-state index in [9.17, 15) is 37.2 Å². The van der Waals surface area contributed by atoms with Crippen molar-refractivity contribution in [1.29, 1.82) is 5.26 Å². The Balaban J connectivity index is 0.00000103. The van der Waals surface area contributed by atoms with Crippen molar-refractivity contribution in [2.24, 2.45) is 11.3 Å². The van der Waals surface area contributed by atoms with Gasteiger partial charge in [-0.15, -0.1) is 0 Å². The summed E-state index contributed by atoms with van der Waals surface area (Å²) in [5.74, 6) is -3.35. The minimum absolute atomic E-state index is 0.179. The van der Waals surface area contributed by atoms with Crippen molar-refractivity contribution in [3.63, 3.8) is 0 Å². The molecular weight excluding hydrogens is 530 g/mol. The van der Waals surface area contributed by atoms with Gasteiger partial charge in [0.25, 0.3) is 0 Å². The van der Waals surface area contributed by atoms with Crippen LogP contribution < -0.4 is 10.6 Å². The Morgan fingerprint density at radius 2 is 1.82 bits per heavy atom. The van der Waals surface area contributed by atoms with Crippen molar-refractivity contribution in [1.82, 2.24) is 20.5 Å². The van der Waals surface area contributed by atoms with E-state index in [-0.39, 0.29) is 12.0 Å². The Bertz CT molecular complexity index is 1280. The van der Waals surface area contributed by atoms with Crippen molar-refractivity contribution in [2.45, 2.75) is 71.1 Å². The lowest BCUT2D eigenvalue weighted by atomic mass is 9.84. The lowest BCUT2D eigenvalue weighted by Crippen LogP contribution is -2.50. The molecule has 1 aliphatic carbocycles. The number of likely N-dealkylation sites (tertiary alicyclic amines) is 1. The highest BCUT2D eigenvalue weighted by atomic mass is 19.4. The maximum atomic E-state index is 13.6. The van der Waals surface area contributed by atoms with E-state index in [1.54, 1.807) is 5.32 Å². The molecule has 2 heterocycles. The van der Waals surface area contributed by atoms with E-state index in [0.29, 0.717) is 22.8 Å². The van der Waals surface area contributed by atoms with E-state index in [2.05, 4.69) is 31.1 Å². The van der Waals surface area contributed by atoms with Crippen molar-refractivity contribution >= 4 is 28.5 Å². The Hall–Kier alpha value is -3.75. The van der Waals surface area contributed by atoms with Crippen molar-refractivity contribution < 1.29 is 31.9 Å². The Morgan fingerprint density at radius 1 is 1.18 bits per heavy atom. The normalized spacial score (nSPS) is 18.7. The molecule has 4 rings (SSSR count). The summed E-state index contributed by atoms with van der Waals surface area (Å²) in [6.07, 6.45) is 1.30. The first-order chi connectivity index (χ1) is 18.8. The van der Waals surface area contributed by atoms with E-state index >= 15 is 0 Å². The fourth-order valence-electron chi connectivity index (χ4n) is 5.22. The number of carbonyl (C=O) groups excluding carboxylic acids is 3. The quantitative estimate of drug-likeness (QED) is 0.518. The maximum Gasteiger partial charge on any atom is 0.471 e. The van der Waals surface area contributed by atoms with Gasteiger partial charge in [-0.3, -0.25) is 19.4 Å². The molecule has 40 heavy (non-hydrogen) atoms. The van der Waals surface area contributed by atoms with Crippen LogP contribution in [0.15, 0.2) is 30.6 Å². The first-order valence-corrected chi connectivity index (χ1v) is 13.1. The van der Waals surface area contributed by atoms with Crippen molar-refractivity contribution in [3.8, 4) is 6.07 Å². The molecule has 2 fully saturated rings. The molecule has 2 N–H and O–H groups in total. The number of rotatable bonds is 5. The van der Waals surface area contributed by atoms with Crippen LogP contribution in [0.5, 0.6) is 0 Å². The third-order valence-corrected chi connectivity index (χ3v) is 6.93. The third-order valence-electron chi connectivity index (χ3n) is 6.93. The number of pyridine rings is 1. The molecule has 12 heteroatoms. The number of hydrogen-bond donors (Lipinski definition) is 2. The Morgan fingerprint density at radius 3 is 2.42 bits per heavy atom. The summed E-state index contributed by atoms with van der Waals surface area (Å²) in [5.41, 5.74) is -0.000864. The van der Waals surface area contributed by atoms with Gasteiger partial charge in [0, 0.05) is 29.9 Å². The standard InChI is InChI=1S/C24H23F4N5O3.C4H10/c25-15-3-4-16-14(7-15)10-30-11-17(16)18(9-29)32-21(35)19-8-23(5-1-2-6-23)13-33(19)20(34)12-31-22(36)24(26,27)28;1-4(2)3/h3-4,7,10-11,18-19H,1-2,5-6,8,12-13H2,(H,31,36)(H,32,35);4H,1-3H3. The van der Waals surface area contributed by atoms with Crippen LogP contribution in [-0.4, -0.2) is 52.9 Å². The van der Waals surface area contributed by atoms with E-state index in [4.69, 9.17) is 0 Å². The second-order valence-corrected chi connectivity index (χ2v) is 11.0. The molecule has 1 aromatic carbocycles. The fourth-order valence-corrected chi connectivity index (χ4v) is 5.22. The number of alkyl halides is 3. The molecule has 8 nitrogen and oxygen atoms in total. The molecule has 2 atom stereocenters. The van der Waals surface area contributed by atoms with Crippen LogP contribution in [-0.2, 0) is 14.4 Å². The average Bonchev–Trinajstić information content (AvgIpc) is 3.51. The van der Waals surface area contributed by atoms with Gasteiger partial charge in [-0.2, -0.15) is 18.4 Å². The van der Waals surface area contributed by atoms with Crippen molar-refractivity contribution in [3.05, 3.63) is 42.0 Å². The Labute approximate surface area is 230 Å². The molecule has 1 spiro atoms. The van der Waals surface area contributed by atoms with Crippen LogP contribution in [0.4, 0.5) is 17.6 Å². The van der Waals surface area contributed by atoms with Crippen molar-refractivity contribution in [2.75, 3.05) is 13.1 Å². The molecule has 216 valence electrons. The highest BCUT2D eigenvalue weighted by molar-refractivity contribution is 5.92. The lowest BCUT2D eigenvalue weighted by Gasteiger charge is -2.26. The third kappa shape index (κ3) is 7.46. The SMILES string of the molecule is CC(C)C.N#CC(NC(=O)C1CC2(CCCC2)CN1C(=O)CNC(=O)C(F)(F)F)c1cncc2cc(F)ccc12. The van der Waals surface area contributed by atoms with Gasteiger partial charge in [0.2, 0.25) is 11.8 Å². The van der Waals surface area contributed by atoms with E-state index in [0.717, 1.165) is 31.6 Å². The topological polar surface area (TPSA) is 115 Å². The lowest BCUT2D eigenvalue weighted by molar-refractivity contribution is -0.174. The summed E-state index contributed by atoms with van der Waals surface area (Å²) in [4.78, 5) is 42.5. The molecular formula is C28H33F4N5O3. The summed E-state index contributed by atoms with van der Waals surface area (Å²) in [6.45, 7) is 5.77. The van der Waals surface area contributed by atoms with Gasteiger partial charge in [-0.05, 0) is 48.1 Å². The molecule has 1 aromatic heterocycles. The number of amides is 3. The molecule has 0 bridgehead atoms. The number of benzene rings is 1. The summed E-state index contributed by atoms with van der Waals surface area (Å²) in [7, 11) is 0. The maximum absolute atomic E-state index is 13.6. The van der Waals surface area contributed by atoms with Gasteiger partial charge in [0.05, 0.1) is 12.6 Å². The molecule has 2 aromatic rings. The second kappa shape index (κ2) is 12.6. The number of nitriles is 1. The van der Waals surface area contributed by atoms with Crippen LogP contribution in [0.2, 0.25) is 0 Å². The zero-order chi connectivity index (χ0) is 29.7. The number of carbonyl (C=O) groups is 3. The zero-order valence-electron chi connectivity index (χ0n) is 22.6. The summed E-state index contributed by atoms with van der Waals surface area (Å²) in [6, 6.07) is 3.75. The highest BCUT2D eigenvalue weighted by Gasteiger charge is 2.50. The first-order valence-electron chi connectivity index (χ1n) is 13.1. The van der Waals surface area contributed by atoms with Crippen LogP contribution >= 0.6 is 0 Å². The average molecular weight is 564 g/mol. The van der Waals surface area contributed by atoms with Gasteiger partial charge >= 0.3 is 12.1 Å². The molecule has 3 amide bonds. The number of hydrogen-bond acceptors (Lipinski definition) is 5. The van der Waals surface area contributed by atoms with Gasteiger partial charge in [0.1, 0.15) is 17.9 Å². The van der Waals surface area contributed by atoms with Gasteiger partial charge < -0.3 is 15.5 Å². The fraction of sp³-hybridized carbons (Fsp3) is 0.536. The predicted octanol–water partition coefficient (Wildman–Crippen LogP) is 4.56. The molecule has 0 radical (unpaired) electrons.